The number of hydrogen-bond donors (Lipinski definition) is 3. The first kappa shape index (κ1) is 17.0. The summed E-state index contributed by atoms with van der Waals surface area (Å²) in [5.74, 6) is -1.04. The first-order chi connectivity index (χ1) is 11.5. The van der Waals surface area contributed by atoms with Crippen LogP contribution in [0.1, 0.15) is 40.1 Å². The van der Waals surface area contributed by atoms with Crippen LogP contribution in [0.4, 0.5) is 9.80 Å². The van der Waals surface area contributed by atoms with Gasteiger partial charge in [0.25, 0.3) is 11.1 Å². The summed E-state index contributed by atoms with van der Waals surface area (Å²) in [5.41, 5.74) is 1.55. The van der Waals surface area contributed by atoms with Crippen molar-refractivity contribution >= 4 is 51.1 Å². The van der Waals surface area contributed by atoms with E-state index in [9.17, 15) is 19.2 Å². The number of thioether (sulfide) groups is 1. The van der Waals surface area contributed by atoms with Crippen molar-refractivity contribution in [3.63, 3.8) is 0 Å². The van der Waals surface area contributed by atoms with Crippen LogP contribution in [0.15, 0.2) is 0 Å². The average Bonchev–Trinajstić information content (AvgIpc) is 3.05. The highest BCUT2D eigenvalue weighted by Crippen LogP contribution is 2.38. The first-order valence-corrected chi connectivity index (χ1v) is 9.37. The fraction of sp³-hybridized carbons (Fsp3) is 0.467. The molecule has 3 rings (SSSR count). The number of amides is 4. The number of fused-ring (bicyclic) bond motifs is 1. The molecule has 9 heteroatoms. The van der Waals surface area contributed by atoms with Gasteiger partial charge in [0, 0.05) is 18.3 Å². The SMILES string of the molecule is CNC(=O)c1c(NC(=O)CC2SC(=O)NC2=O)sc2c1CCCC2. The van der Waals surface area contributed by atoms with E-state index in [1.54, 1.807) is 7.05 Å². The summed E-state index contributed by atoms with van der Waals surface area (Å²) in [6, 6.07) is 0. The summed E-state index contributed by atoms with van der Waals surface area (Å²) in [6.07, 6.45) is 3.75. The van der Waals surface area contributed by atoms with Crippen molar-refractivity contribution < 1.29 is 19.2 Å². The molecule has 3 N–H and O–H groups in total. The van der Waals surface area contributed by atoms with Crippen LogP contribution in [0.3, 0.4) is 0 Å². The Kier molecular flexibility index (Phi) is 4.91. The summed E-state index contributed by atoms with van der Waals surface area (Å²) < 4.78 is 0. The molecule has 0 spiro atoms. The number of carbonyl (C=O) groups is 4. The molecule has 1 fully saturated rings. The lowest BCUT2D eigenvalue weighted by Gasteiger charge is -2.12. The molecule has 1 aliphatic carbocycles. The van der Waals surface area contributed by atoms with Crippen LogP contribution in [-0.2, 0) is 22.4 Å². The first-order valence-electron chi connectivity index (χ1n) is 7.67. The van der Waals surface area contributed by atoms with E-state index < -0.39 is 16.4 Å². The molecule has 1 aromatic rings. The average molecular weight is 367 g/mol. The fourth-order valence-electron chi connectivity index (χ4n) is 2.89. The zero-order chi connectivity index (χ0) is 17.3. The molecule has 1 aliphatic heterocycles. The van der Waals surface area contributed by atoms with Gasteiger partial charge in [-0.15, -0.1) is 11.3 Å². The summed E-state index contributed by atoms with van der Waals surface area (Å²) in [4.78, 5) is 48.3. The Bertz CT molecular complexity index is 729. The van der Waals surface area contributed by atoms with Gasteiger partial charge in [-0.2, -0.15) is 0 Å². The predicted molar refractivity (Wildman–Crippen MR) is 92.5 cm³/mol. The van der Waals surface area contributed by atoms with Crippen LogP contribution in [0.5, 0.6) is 0 Å². The van der Waals surface area contributed by atoms with Gasteiger partial charge in [0.1, 0.15) is 10.3 Å². The molecular weight excluding hydrogens is 350 g/mol. The van der Waals surface area contributed by atoms with Crippen molar-refractivity contribution in [2.45, 2.75) is 37.4 Å². The quantitative estimate of drug-likeness (QED) is 0.751. The number of thiophene rings is 1. The summed E-state index contributed by atoms with van der Waals surface area (Å²) >= 11 is 2.24. The molecule has 0 bridgehead atoms. The van der Waals surface area contributed by atoms with Crippen molar-refractivity contribution in [1.82, 2.24) is 10.6 Å². The maximum absolute atomic E-state index is 12.3. The zero-order valence-corrected chi connectivity index (χ0v) is 14.7. The van der Waals surface area contributed by atoms with E-state index >= 15 is 0 Å². The minimum atomic E-state index is -0.712. The summed E-state index contributed by atoms with van der Waals surface area (Å²) in [7, 11) is 1.56. The molecular formula is C15H17N3O4S2. The molecule has 7 nitrogen and oxygen atoms in total. The van der Waals surface area contributed by atoms with Crippen molar-refractivity contribution in [3.8, 4) is 0 Å². The van der Waals surface area contributed by atoms with Gasteiger partial charge in [-0.05, 0) is 31.2 Å². The molecule has 2 heterocycles. The third-order valence-corrected chi connectivity index (χ3v) is 6.20. The Morgan fingerprint density at radius 3 is 2.67 bits per heavy atom. The van der Waals surface area contributed by atoms with Gasteiger partial charge in [0.05, 0.1) is 5.56 Å². The highest BCUT2D eigenvalue weighted by molar-refractivity contribution is 8.15. The number of anilines is 1. The largest absolute Gasteiger partial charge is 0.355 e. The number of carbonyl (C=O) groups excluding carboxylic acids is 4. The lowest BCUT2D eigenvalue weighted by molar-refractivity contribution is -0.122. The number of hydrogen-bond acceptors (Lipinski definition) is 6. The second-order valence-corrected chi connectivity index (χ2v) is 7.91. The smallest absolute Gasteiger partial charge is 0.286 e. The molecule has 1 unspecified atom stereocenters. The third kappa shape index (κ3) is 3.32. The van der Waals surface area contributed by atoms with Crippen molar-refractivity contribution in [2.75, 3.05) is 12.4 Å². The highest BCUT2D eigenvalue weighted by Gasteiger charge is 2.34. The second-order valence-electron chi connectivity index (χ2n) is 5.63. The molecule has 1 atom stereocenters. The van der Waals surface area contributed by atoms with Gasteiger partial charge in [-0.1, -0.05) is 11.8 Å². The van der Waals surface area contributed by atoms with Crippen molar-refractivity contribution in [2.24, 2.45) is 0 Å². The number of aryl methyl sites for hydroxylation is 1. The van der Waals surface area contributed by atoms with Crippen molar-refractivity contribution in [1.29, 1.82) is 0 Å². The fourth-order valence-corrected chi connectivity index (χ4v) is 5.01. The monoisotopic (exact) mass is 367 g/mol. The van der Waals surface area contributed by atoms with Crippen LogP contribution in [-0.4, -0.2) is 35.3 Å². The predicted octanol–water partition coefficient (Wildman–Crippen LogP) is 1.67. The zero-order valence-electron chi connectivity index (χ0n) is 13.1. The molecule has 1 saturated heterocycles. The number of imide groups is 1. The van der Waals surface area contributed by atoms with Crippen molar-refractivity contribution in [3.05, 3.63) is 16.0 Å². The normalized spacial score (nSPS) is 19.6. The van der Waals surface area contributed by atoms with Crippen LogP contribution < -0.4 is 16.0 Å². The van der Waals surface area contributed by atoms with Gasteiger partial charge in [-0.25, -0.2) is 0 Å². The lowest BCUT2D eigenvalue weighted by Crippen LogP contribution is -2.28. The van der Waals surface area contributed by atoms with Gasteiger partial charge in [0.15, 0.2) is 0 Å². The molecule has 0 saturated carbocycles. The lowest BCUT2D eigenvalue weighted by atomic mass is 9.95. The summed E-state index contributed by atoms with van der Waals surface area (Å²) in [6.45, 7) is 0. The Labute approximate surface area is 146 Å². The Morgan fingerprint density at radius 1 is 1.25 bits per heavy atom. The Hall–Kier alpha value is -1.87. The minimum absolute atomic E-state index is 0.0992. The standard InChI is InChI=1S/C15H17N3O4S2/c1-16-13(21)11-7-4-2-3-5-8(7)23-14(11)17-10(19)6-9-12(20)18-15(22)24-9/h9H,2-6H2,1H3,(H,16,21)(H,17,19)(H,18,20,22). The van der Waals surface area contributed by atoms with Gasteiger partial charge < -0.3 is 10.6 Å². The van der Waals surface area contributed by atoms with E-state index in [0.717, 1.165) is 47.9 Å². The molecule has 0 radical (unpaired) electrons. The maximum atomic E-state index is 12.3. The highest BCUT2D eigenvalue weighted by atomic mass is 32.2. The van der Waals surface area contributed by atoms with E-state index in [-0.39, 0.29) is 18.2 Å². The molecule has 128 valence electrons. The van der Waals surface area contributed by atoms with Gasteiger partial charge >= 0.3 is 0 Å². The van der Waals surface area contributed by atoms with E-state index in [4.69, 9.17) is 0 Å². The molecule has 24 heavy (non-hydrogen) atoms. The molecule has 0 aromatic carbocycles. The van der Waals surface area contributed by atoms with E-state index in [1.165, 1.54) is 11.3 Å². The van der Waals surface area contributed by atoms with E-state index in [2.05, 4.69) is 16.0 Å². The van der Waals surface area contributed by atoms with E-state index in [0.29, 0.717) is 10.6 Å². The molecule has 2 aliphatic rings. The summed E-state index contributed by atoms with van der Waals surface area (Å²) in [5, 5.41) is 6.92. The van der Waals surface area contributed by atoms with Crippen LogP contribution in [0, 0.1) is 0 Å². The van der Waals surface area contributed by atoms with Gasteiger partial charge in [-0.3, -0.25) is 24.5 Å². The van der Waals surface area contributed by atoms with Crippen LogP contribution in [0.25, 0.3) is 0 Å². The minimum Gasteiger partial charge on any atom is -0.355 e. The molecule has 1 aromatic heterocycles. The Balaban J connectivity index is 1.78. The van der Waals surface area contributed by atoms with Gasteiger partial charge in [0.2, 0.25) is 11.8 Å². The Morgan fingerprint density at radius 2 is 2.00 bits per heavy atom. The number of nitrogens with one attached hydrogen (secondary N) is 3. The topological polar surface area (TPSA) is 104 Å². The number of rotatable bonds is 4. The van der Waals surface area contributed by atoms with Crippen LogP contribution in [0.2, 0.25) is 0 Å². The maximum Gasteiger partial charge on any atom is 0.286 e. The van der Waals surface area contributed by atoms with Crippen LogP contribution >= 0.6 is 23.1 Å². The second kappa shape index (κ2) is 6.94. The third-order valence-electron chi connectivity index (χ3n) is 4.02. The van der Waals surface area contributed by atoms with E-state index in [1.807, 2.05) is 0 Å². The molecule has 4 amide bonds.